The first-order chi connectivity index (χ1) is 9.20. The Balaban J connectivity index is 2.02. The predicted octanol–water partition coefficient (Wildman–Crippen LogP) is 2.62. The van der Waals surface area contributed by atoms with Crippen molar-refractivity contribution in [3.05, 3.63) is 58.4 Å². The molecule has 0 fully saturated rings. The zero-order valence-corrected chi connectivity index (χ0v) is 11.3. The third kappa shape index (κ3) is 3.51. The molecule has 19 heavy (non-hydrogen) atoms. The number of amides is 1. The summed E-state index contributed by atoms with van der Waals surface area (Å²) in [5.74, 6) is -0.255. The summed E-state index contributed by atoms with van der Waals surface area (Å²) in [4.78, 5) is 11.9. The fourth-order valence-corrected chi connectivity index (χ4v) is 1.88. The van der Waals surface area contributed by atoms with Gasteiger partial charge in [0.1, 0.15) is 0 Å². The Kier molecular flexibility index (Phi) is 4.47. The molecule has 1 aromatic heterocycles. The Morgan fingerprint density at radius 3 is 2.53 bits per heavy atom. The van der Waals surface area contributed by atoms with E-state index in [2.05, 4.69) is 28.5 Å². The van der Waals surface area contributed by atoms with Crippen molar-refractivity contribution in [1.29, 1.82) is 0 Å². The standard InChI is InChI=1S/C14H14ClN3O/c1-2-10-5-3-4-6-11(10)9-16-14(19)12-7-8-13(15)18-17-12/h3-8H,2,9H2,1H3,(H,16,19). The van der Waals surface area contributed by atoms with Crippen LogP contribution in [0.1, 0.15) is 28.5 Å². The maximum Gasteiger partial charge on any atom is 0.272 e. The molecule has 1 aromatic carbocycles. The molecule has 2 rings (SSSR count). The van der Waals surface area contributed by atoms with Crippen LogP contribution in [-0.2, 0) is 13.0 Å². The summed E-state index contributed by atoms with van der Waals surface area (Å²) in [6, 6.07) is 11.1. The van der Waals surface area contributed by atoms with Crippen LogP contribution in [-0.4, -0.2) is 16.1 Å². The van der Waals surface area contributed by atoms with Gasteiger partial charge in [-0.3, -0.25) is 4.79 Å². The van der Waals surface area contributed by atoms with Gasteiger partial charge in [-0.15, -0.1) is 10.2 Å². The van der Waals surface area contributed by atoms with Gasteiger partial charge in [-0.2, -0.15) is 0 Å². The van der Waals surface area contributed by atoms with Crippen molar-refractivity contribution in [2.45, 2.75) is 19.9 Å². The zero-order valence-electron chi connectivity index (χ0n) is 10.6. The molecule has 4 nitrogen and oxygen atoms in total. The van der Waals surface area contributed by atoms with Gasteiger partial charge in [0.25, 0.3) is 5.91 Å². The van der Waals surface area contributed by atoms with E-state index in [-0.39, 0.29) is 16.8 Å². The number of hydrogen-bond donors (Lipinski definition) is 1. The minimum Gasteiger partial charge on any atom is -0.347 e. The third-order valence-corrected chi connectivity index (χ3v) is 3.00. The zero-order chi connectivity index (χ0) is 13.7. The Morgan fingerprint density at radius 2 is 1.89 bits per heavy atom. The second kappa shape index (κ2) is 6.29. The van der Waals surface area contributed by atoms with Crippen LogP contribution in [0.5, 0.6) is 0 Å². The highest BCUT2D eigenvalue weighted by Crippen LogP contribution is 2.09. The molecule has 2 aromatic rings. The summed E-state index contributed by atoms with van der Waals surface area (Å²) in [5.41, 5.74) is 2.60. The fraction of sp³-hybridized carbons (Fsp3) is 0.214. The van der Waals surface area contributed by atoms with E-state index >= 15 is 0 Å². The Bertz CT molecular complexity index is 569. The van der Waals surface area contributed by atoms with Gasteiger partial charge < -0.3 is 5.32 Å². The largest absolute Gasteiger partial charge is 0.347 e. The van der Waals surface area contributed by atoms with Crippen molar-refractivity contribution in [3.8, 4) is 0 Å². The van der Waals surface area contributed by atoms with E-state index in [0.29, 0.717) is 6.54 Å². The number of halogens is 1. The molecular weight excluding hydrogens is 262 g/mol. The summed E-state index contributed by atoms with van der Waals surface area (Å²) >= 11 is 5.62. The number of benzene rings is 1. The molecule has 1 heterocycles. The molecule has 0 aliphatic heterocycles. The van der Waals surface area contributed by atoms with Crippen molar-refractivity contribution in [2.75, 3.05) is 0 Å². The molecule has 0 radical (unpaired) electrons. The van der Waals surface area contributed by atoms with Gasteiger partial charge in [0.2, 0.25) is 0 Å². The van der Waals surface area contributed by atoms with E-state index in [1.54, 1.807) is 12.1 Å². The maximum absolute atomic E-state index is 11.9. The highest BCUT2D eigenvalue weighted by atomic mass is 35.5. The molecule has 0 saturated heterocycles. The number of hydrogen-bond acceptors (Lipinski definition) is 3. The van der Waals surface area contributed by atoms with Gasteiger partial charge in [-0.05, 0) is 29.7 Å². The van der Waals surface area contributed by atoms with Gasteiger partial charge in [-0.1, -0.05) is 42.8 Å². The number of rotatable bonds is 4. The Hall–Kier alpha value is -1.94. The minimum atomic E-state index is -0.255. The minimum absolute atomic E-state index is 0.255. The number of aromatic nitrogens is 2. The second-order valence-corrected chi connectivity index (χ2v) is 4.43. The fourth-order valence-electron chi connectivity index (χ4n) is 1.78. The number of aryl methyl sites for hydroxylation is 1. The number of nitrogens with zero attached hydrogens (tertiary/aromatic N) is 2. The number of carbonyl (C=O) groups is 1. The van der Waals surface area contributed by atoms with Crippen molar-refractivity contribution in [1.82, 2.24) is 15.5 Å². The van der Waals surface area contributed by atoms with Crippen molar-refractivity contribution >= 4 is 17.5 Å². The lowest BCUT2D eigenvalue weighted by Gasteiger charge is -2.08. The van der Waals surface area contributed by atoms with Crippen LogP contribution in [0.4, 0.5) is 0 Å². The summed E-state index contributed by atoms with van der Waals surface area (Å²) in [5, 5.41) is 10.5. The molecule has 0 bridgehead atoms. The van der Waals surface area contributed by atoms with Crippen LogP contribution >= 0.6 is 11.6 Å². The molecule has 0 unspecified atom stereocenters. The van der Waals surface area contributed by atoms with Crippen LogP contribution in [0.15, 0.2) is 36.4 Å². The molecule has 0 aliphatic carbocycles. The Morgan fingerprint density at radius 1 is 1.16 bits per heavy atom. The number of carbonyl (C=O) groups excluding carboxylic acids is 1. The van der Waals surface area contributed by atoms with Crippen molar-refractivity contribution in [3.63, 3.8) is 0 Å². The topological polar surface area (TPSA) is 54.9 Å². The SMILES string of the molecule is CCc1ccccc1CNC(=O)c1ccc(Cl)nn1. The molecule has 0 saturated carbocycles. The molecule has 5 heteroatoms. The highest BCUT2D eigenvalue weighted by Gasteiger charge is 2.08. The van der Waals surface area contributed by atoms with Gasteiger partial charge in [-0.25, -0.2) is 0 Å². The lowest BCUT2D eigenvalue weighted by molar-refractivity contribution is 0.0945. The number of nitrogens with one attached hydrogen (secondary N) is 1. The monoisotopic (exact) mass is 275 g/mol. The van der Waals surface area contributed by atoms with Crippen LogP contribution in [0.2, 0.25) is 5.15 Å². The molecule has 1 amide bonds. The summed E-state index contributed by atoms with van der Waals surface area (Å²) in [6.07, 6.45) is 0.937. The first-order valence-corrected chi connectivity index (χ1v) is 6.42. The molecule has 98 valence electrons. The van der Waals surface area contributed by atoms with E-state index in [4.69, 9.17) is 11.6 Å². The van der Waals surface area contributed by atoms with Crippen LogP contribution in [0.25, 0.3) is 0 Å². The molecule has 0 aliphatic rings. The van der Waals surface area contributed by atoms with Crippen LogP contribution in [0.3, 0.4) is 0 Å². The smallest absolute Gasteiger partial charge is 0.272 e. The summed E-state index contributed by atoms with van der Waals surface area (Å²) in [7, 11) is 0. The summed E-state index contributed by atoms with van der Waals surface area (Å²) in [6.45, 7) is 2.57. The van der Waals surface area contributed by atoms with Gasteiger partial charge in [0.05, 0.1) is 0 Å². The van der Waals surface area contributed by atoms with Crippen molar-refractivity contribution < 1.29 is 4.79 Å². The average Bonchev–Trinajstić information content (AvgIpc) is 2.45. The first kappa shape index (κ1) is 13.5. The highest BCUT2D eigenvalue weighted by molar-refractivity contribution is 6.29. The lowest BCUT2D eigenvalue weighted by Crippen LogP contribution is -2.24. The van der Waals surface area contributed by atoms with E-state index in [9.17, 15) is 4.79 Å². The molecule has 0 atom stereocenters. The van der Waals surface area contributed by atoms with Crippen LogP contribution < -0.4 is 5.32 Å². The lowest BCUT2D eigenvalue weighted by atomic mass is 10.1. The quantitative estimate of drug-likeness (QED) is 0.933. The third-order valence-electron chi connectivity index (χ3n) is 2.80. The summed E-state index contributed by atoms with van der Waals surface area (Å²) < 4.78 is 0. The van der Waals surface area contributed by atoms with E-state index in [1.165, 1.54) is 5.56 Å². The van der Waals surface area contributed by atoms with E-state index in [0.717, 1.165) is 12.0 Å². The first-order valence-electron chi connectivity index (χ1n) is 6.05. The van der Waals surface area contributed by atoms with Gasteiger partial charge in [0, 0.05) is 6.54 Å². The average molecular weight is 276 g/mol. The van der Waals surface area contributed by atoms with Gasteiger partial charge >= 0.3 is 0 Å². The predicted molar refractivity (Wildman–Crippen MR) is 74.0 cm³/mol. The second-order valence-electron chi connectivity index (χ2n) is 4.05. The van der Waals surface area contributed by atoms with Crippen molar-refractivity contribution in [2.24, 2.45) is 0 Å². The normalized spacial score (nSPS) is 10.2. The molecule has 0 spiro atoms. The maximum atomic E-state index is 11.9. The van der Waals surface area contributed by atoms with Crippen LogP contribution in [0, 0.1) is 0 Å². The van der Waals surface area contributed by atoms with E-state index < -0.39 is 0 Å². The Labute approximate surface area is 116 Å². The van der Waals surface area contributed by atoms with Gasteiger partial charge in [0.15, 0.2) is 10.8 Å². The molecule has 1 N–H and O–H groups in total. The molecular formula is C14H14ClN3O. The van der Waals surface area contributed by atoms with E-state index in [1.807, 2.05) is 18.2 Å².